The lowest BCUT2D eigenvalue weighted by molar-refractivity contribution is -0.145. The van der Waals surface area contributed by atoms with Gasteiger partial charge in [0.05, 0.1) is 18.3 Å². The van der Waals surface area contributed by atoms with Crippen molar-refractivity contribution in [3.8, 4) is 0 Å². The second-order valence-corrected chi connectivity index (χ2v) is 6.52. The highest BCUT2D eigenvalue weighted by atomic mass is 35.5. The molecule has 1 atom stereocenters. The monoisotopic (exact) mass is 407 g/mol. The molecule has 2 heterocycles. The number of hydrogen-bond acceptors (Lipinski definition) is 6. The third-order valence-electron chi connectivity index (χ3n) is 4.73. The highest BCUT2D eigenvalue weighted by molar-refractivity contribution is 5.96. The molecule has 28 heavy (non-hydrogen) atoms. The Labute approximate surface area is 170 Å². The number of benzene rings is 1. The van der Waals surface area contributed by atoms with Crippen LogP contribution in [0.1, 0.15) is 53.6 Å². The molecule has 8 nitrogen and oxygen atoms in total. The predicted octanol–water partition coefficient (Wildman–Crippen LogP) is 1.97. The minimum absolute atomic E-state index is 0. The van der Waals surface area contributed by atoms with Gasteiger partial charge in [0.15, 0.2) is 11.7 Å². The third kappa shape index (κ3) is 4.88. The van der Waals surface area contributed by atoms with E-state index in [1.54, 1.807) is 19.1 Å². The zero-order valence-corrected chi connectivity index (χ0v) is 16.9. The summed E-state index contributed by atoms with van der Waals surface area (Å²) in [5.74, 6) is -0.935. The number of piperidine rings is 1. The summed E-state index contributed by atoms with van der Waals surface area (Å²) in [5.41, 5.74) is 1.60. The number of aromatic nitrogens is 3. The van der Waals surface area contributed by atoms with Crippen molar-refractivity contribution in [2.75, 3.05) is 19.7 Å². The van der Waals surface area contributed by atoms with Crippen LogP contribution >= 0.6 is 12.4 Å². The molecule has 1 saturated heterocycles. The molecule has 0 radical (unpaired) electrons. The van der Waals surface area contributed by atoms with Gasteiger partial charge in [0.25, 0.3) is 5.91 Å². The Hall–Kier alpha value is -2.45. The second-order valence-electron chi connectivity index (χ2n) is 6.52. The summed E-state index contributed by atoms with van der Waals surface area (Å²) in [6, 6.07) is 8.37. The van der Waals surface area contributed by atoms with Crippen molar-refractivity contribution in [2.24, 2.45) is 0 Å². The number of esters is 1. The quantitative estimate of drug-likeness (QED) is 0.710. The summed E-state index contributed by atoms with van der Waals surface area (Å²) in [5, 5.41) is 14.3. The second kappa shape index (κ2) is 10.2. The molecular weight excluding hydrogens is 382 g/mol. The fourth-order valence-electron chi connectivity index (χ4n) is 3.30. The molecule has 1 aromatic carbocycles. The van der Waals surface area contributed by atoms with Crippen LogP contribution in [0.15, 0.2) is 30.3 Å². The number of ether oxygens (including phenoxy) is 1. The van der Waals surface area contributed by atoms with Crippen molar-refractivity contribution in [1.29, 1.82) is 0 Å². The molecule has 1 aromatic heterocycles. The first kappa shape index (κ1) is 21.8. The topological polar surface area (TPSA) is 98.1 Å². The van der Waals surface area contributed by atoms with Gasteiger partial charge < -0.3 is 15.4 Å². The standard InChI is InChI=1S/C19H25N5O3.ClH/c1-3-27-19(26)17(14-7-5-4-6-8-14)21-18(25)16-13(2)24(23-22-16)15-9-11-20-12-10-15;/h4-8,15,17,20H,3,9-12H2,1-2H3,(H,21,25);1H/t17-;/m1./s1. The highest BCUT2D eigenvalue weighted by Gasteiger charge is 2.28. The maximum absolute atomic E-state index is 12.8. The molecule has 0 aliphatic carbocycles. The van der Waals surface area contributed by atoms with Crippen molar-refractivity contribution >= 4 is 24.3 Å². The first-order valence-corrected chi connectivity index (χ1v) is 9.26. The SMILES string of the molecule is CCOC(=O)[C@H](NC(=O)c1nnn(C2CCNCC2)c1C)c1ccccc1.Cl. The Morgan fingerprint density at radius 2 is 1.96 bits per heavy atom. The molecular formula is C19H26ClN5O3. The zero-order chi connectivity index (χ0) is 19.2. The third-order valence-corrected chi connectivity index (χ3v) is 4.73. The van der Waals surface area contributed by atoms with E-state index in [2.05, 4.69) is 20.9 Å². The van der Waals surface area contributed by atoms with Crippen LogP contribution in [-0.4, -0.2) is 46.6 Å². The average Bonchev–Trinajstić information content (AvgIpc) is 3.09. The van der Waals surface area contributed by atoms with Crippen molar-refractivity contribution in [2.45, 2.75) is 38.8 Å². The van der Waals surface area contributed by atoms with Crippen molar-refractivity contribution in [1.82, 2.24) is 25.6 Å². The van der Waals surface area contributed by atoms with E-state index in [1.165, 1.54) is 0 Å². The molecule has 152 valence electrons. The van der Waals surface area contributed by atoms with Crippen LogP contribution in [0.3, 0.4) is 0 Å². The predicted molar refractivity (Wildman–Crippen MR) is 106 cm³/mol. The average molecular weight is 408 g/mol. The Morgan fingerprint density at radius 1 is 1.29 bits per heavy atom. The summed E-state index contributed by atoms with van der Waals surface area (Å²) < 4.78 is 6.94. The summed E-state index contributed by atoms with van der Waals surface area (Å²) in [6.45, 7) is 5.65. The molecule has 0 spiro atoms. The molecule has 0 bridgehead atoms. The Balaban J connectivity index is 0.00000280. The summed E-state index contributed by atoms with van der Waals surface area (Å²) in [6.07, 6.45) is 1.89. The van der Waals surface area contributed by atoms with Crippen LogP contribution < -0.4 is 10.6 Å². The van der Waals surface area contributed by atoms with Crippen LogP contribution in [0.5, 0.6) is 0 Å². The van der Waals surface area contributed by atoms with Crippen molar-refractivity contribution < 1.29 is 14.3 Å². The van der Waals surface area contributed by atoms with Gasteiger partial charge in [-0.25, -0.2) is 9.48 Å². The molecule has 1 aliphatic heterocycles. The Kier molecular flexibility index (Phi) is 7.95. The van der Waals surface area contributed by atoms with E-state index in [9.17, 15) is 9.59 Å². The van der Waals surface area contributed by atoms with Gasteiger partial charge in [-0.1, -0.05) is 35.5 Å². The number of rotatable bonds is 6. The first-order chi connectivity index (χ1) is 13.1. The van der Waals surface area contributed by atoms with E-state index in [4.69, 9.17) is 4.74 Å². The van der Waals surface area contributed by atoms with Gasteiger partial charge in [-0.3, -0.25) is 4.79 Å². The largest absolute Gasteiger partial charge is 0.464 e. The number of hydrogen-bond donors (Lipinski definition) is 2. The summed E-state index contributed by atoms with van der Waals surface area (Å²) in [7, 11) is 0. The number of halogens is 1. The lowest BCUT2D eigenvalue weighted by Crippen LogP contribution is -2.35. The first-order valence-electron chi connectivity index (χ1n) is 9.26. The van der Waals surface area contributed by atoms with Gasteiger partial charge in [0.1, 0.15) is 0 Å². The molecule has 0 saturated carbocycles. The lowest BCUT2D eigenvalue weighted by atomic mass is 10.1. The normalized spacial score (nSPS) is 15.4. The van der Waals surface area contributed by atoms with Crippen molar-refractivity contribution in [3.05, 3.63) is 47.3 Å². The number of amides is 1. The van der Waals surface area contributed by atoms with Crippen LogP contribution in [0.25, 0.3) is 0 Å². The van der Waals surface area contributed by atoms with Gasteiger partial charge in [0, 0.05) is 0 Å². The Morgan fingerprint density at radius 3 is 2.61 bits per heavy atom. The van der Waals surface area contributed by atoms with E-state index in [0.29, 0.717) is 11.3 Å². The molecule has 0 unspecified atom stereocenters. The van der Waals surface area contributed by atoms with Gasteiger partial charge in [-0.15, -0.1) is 17.5 Å². The number of carbonyl (C=O) groups is 2. The number of nitrogens with one attached hydrogen (secondary N) is 2. The summed E-state index contributed by atoms with van der Waals surface area (Å²) >= 11 is 0. The summed E-state index contributed by atoms with van der Waals surface area (Å²) in [4.78, 5) is 25.2. The molecule has 2 aromatic rings. The smallest absolute Gasteiger partial charge is 0.333 e. The molecule has 1 amide bonds. The van der Waals surface area contributed by atoms with E-state index in [1.807, 2.05) is 29.8 Å². The van der Waals surface area contributed by atoms with Gasteiger partial charge in [0.2, 0.25) is 0 Å². The van der Waals surface area contributed by atoms with E-state index >= 15 is 0 Å². The molecule has 1 aliphatic rings. The fraction of sp³-hybridized carbons (Fsp3) is 0.474. The van der Waals surface area contributed by atoms with Crippen LogP contribution in [0, 0.1) is 6.92 Å². The molecule has 1 fully saturated rings. The number of carbonyl (C=O) groups excluding carboxylic acids is 2. The van der Waals surface area contributed by atoms with Crippen molar-refractivity contribution in [3.63, 3.8) is 0 Å². The van der Waals surface area contributed by atoms with Gasteiger partial charge in [-0.05, 0) is 45.3 Å². The lowest BCUT2D eigenvalue weighted by Gasteiger charge is -2.23. The zero-order valence-electron chi connectivity index (χ0n) is 16.1. The minimum atomic E-state index is -0.887. The van der Waals surface area contributed by atoms with Crippen LogP contribution in [0.4, 0.5) is 0 Å². The number of nitrogens with zero attached hydrogens (tertiary/aromatic N) is 3. The minimum Gasteiger partial charge on any atom is -0.464 e. The van der Waals surface area contributed by atoms with E-state index in [0.717, 1.165) is 25.9 Å². The van der Waals surface area contributed by atoms with Gasteiger partial charge in [-0.2, -0.15) is 0 Å². The van der Waals surface area contributed by atoms with E-state index < -0.39 is 17.9 Å². The van der Waals surface area contributed by atoms with Gasteiger partial charge >= 0.3 is 5.97 Å². The highest BCUT2D eigenvalue weighted by Crippen LogP contribution is 2.21. The fourth-order valence-corrected chi connectivity index (χ4v) is 3.30. The van der Waals surface area contributed by atoms with Crippen LogP contribution in [0.2, 0.25) is 0 Å². The maximum Gasteiger partial charge on any atom is 0.333 e. The molecule has 3 rings (SSSR count). The van der Waals surface area contributed by atoms with E-state index in [-0.39, 0.29) is 30.7 Å². The maximum atomic E-state index is 12.8. The molecule has 9 heteroatoms. The molecule has 2 N–H and O–H groups in total. The van der Waals surface area contributed by atoms with Crippen LogP contribution in [-0.2, 0) is 9.53 Å². The Bertz CT molecular complexity index is 790.